The Labute approximate surface area is 233 Å². The van der Waals surface area contributed by atoms with Crippen molar-refractivity contribution in [3.8, 4) is 0 Å². The molecule has 1 fully saturated rings. The molecule has 10 nitrogen and oxygen atoms in total. The first kappa shape index (κ1) is 36.1. The maximum absolute atomic E-state index is 14.2. The Hall–Kier alpha value is -0.890. The van der Waals surface area contributed by atoms with Gasteiger partial charge in [-0.3, -0.25) is 9.35 Å². The smallest absolute Gasteiger partial charge is 0.305 e. The summed E-state index contributed by atoms with van der Waals surface area (Å²) >= 11 is 0. The molecule has 3 unspecified atom stereocenters. The van der Waals surface area contributed by atoms with Gasteiger partial charge in [-0.15, -0.1) is 0 Å². The monoisotopic (exact) mass is 585 g/mol. The number of esters is 1. The average molecular weight is 586 g/mol. The molecule has 0 aliphatic carbocycles. The molecule has 0 saturated carbocycles. The van der Waals surface area contributed by atoms with E-state index in [2.05, 4.69) is 6.92 Å². The molecule has 39 heavy (non-hydrogen) atoms. The molecule has 12 heteroatoms. The first-order chi connectivity index (χ1) is 18.5. The Balaban J connectivity index is 2.05. The van der Waals surface area contributed by atoms with Crippen molar-refractivity contribution in [2.45, 2.75) is 147 Å². The lowest BCUT2D eigenvalue weighted by molar-refractivity contribution is -0.282. The molecule has 1 rings (SSSR count). The van der Waals surface area contributed by atoms with E-state index in [-0.39, 0.29) is 13.0 Å². The van der Waals surface area contributed by atoms with Crippen LogP contribution in [0.1, 0.15) is 110 Å². The number of unbranched alkanes of at least 4 members (excludes halogenated alkanes) is 14. The third-order valence-electron chi connectivity index (χ3n) is 6.87. The van der Waals surface area contributed by atoms with Crippen LogP contribution < -0.4 is 0 Å². The summed E-state index contributed by atoms with van der Waals surface area (Å²) in [7, 11) is -4.57. The number of rotatable bonds is 23. The minimum atomic E-state index is -4.57. The van der Waals surface area contributed by atoms with Gasteiger partial charge in [-0.25, -0.2) is 4.39 Å². The maximum Gasteiger partial charge on any atom is 0.305 e. The van der Waals surface area contributed by atoms with Crippen LogP contribution in [0.2, 0.25) is 0 Å². The molecule has 1 heterocycles. The van der Waals surface area contributed by atoms with Gasteiger partial charge >= 0.3 is 5.97 Å². The number of alkyl halides is 1. The summed E-state index contributed by atoms with van der Waals surface area (Å²) in [5, 5.41) is 29.5. The van der Waals surface area contributed by atoms with Crippen LogP contribution in [0.5, 0.6) is 0 Å². The van der Waals surface area contributed by atoms with Gasteiger partial charge in [-0.1, -0.05) is 96.8 Å². The van der Waals surface area contributed by atoms with Gasteiger partial charge in [0.05, 0.1) is 6.61 Å². The SMILES string of the molecule is CCCCCCCCCCCCCCCCCC(=O)OCC(O)CO[C@@H]1OC(CS(=O)(=O)O)[C@H](O)[C@H](O)C1[18F]. The molecule has 232 valence electrons. The summed E-state index contributed by atoms with van der Waals surface area (Å²) < 4.78 is 60.3. The normalized spacial score (nSPS) is 24.5. The highest BCUT2D eigenvalue weighted by molar-refractivity contribution is 7.85. The van der Waals surface area contributed by atoms with Gasteiger partial charge in [0.2, 0.25) is 0 Å². The fraction of sp³-hybridized carbons (Fsp3) is 0.963. The third kappa shape index (κ3) is 17.5. The number of hydrogen-bond acceptors (Lipinski definition) is 9. The summed E-state index contributed by atoms with van der Waals surface area (Å²) in [4.78, 5) is 11.9. The molecule has 1 aliphatic heterocycles. The van der Waals surface area contributed by atoms with E-state index in [9.17, 15) is 32.9 Å². The largest absolute Gasteiger partial charge is 0.463 e. The maximum atomic E-state index is 14.2. The Bertz CT molecular complexity index is 738. The van der Waals surface area contributed by atoms with Crippen molar-refractivity contribution in [1.29, 1.82) is 0 Å². The minimum Gasteiger partial charge on any atom is -0.463 e. The predicted octanol–water partition coefficient (Wildman–Crippen LogP) is 3.84. The van der Waals surface area contributed by atoms with E-state index in [1.54, 1.807) is 0 Å². The molecule has 0 aromatic carbocycles. The van der Waals surface area contributed by atoms with Crippen LogP contribution >= 0.6 is 0 Å². The van der Waals surface area contributed by atoms with Crippen molar-refractivity contribution in [2.24, 2.45) is 0 Å². The van der Waals surface area contributed by atoms with Crippen LogP contribution in [0.3, 0.4) is 0 Å². The van der Waals surface area contributed by atoms with Crippen LogP contribution in [0.4, 0.5) is 4.39 Å². The molecule has 0 bridgehead atoms. The summed E-state index contributed by atoms with van der Waals surface area (Å²) in [6.07, 6.45) is 7.72. The number of hydrogen-bond donors (Lipinski definition) is 4. The molecular formula is C27H51FO10S. The lowest BCUT2D eigenvalue weighted by Crippen LogP contribution is -2.58. The average Bonchev–Trinajstić information content (AvgIpc) is 2.88. The van der Waals surface area contributed by atoms with Crippen LogP contribution in [-0.2, 0) is 29.1 Å². The minimum absolute atomic E-state index is 0.228. The van der Waals surface area contributed by atoms with Gasteiger partial charge in [-0.2, -0.15) is 8.42 Å². The highest BCUT2D eigenvalue weighted by Crippen LogP contribution is 2.25. The molecule has 4 N–H and O–H groups in total. The number of aliphatic hydroxyl groups is 3. The van der Waals surface area contributed by atoms with Crippen LogP contribution in [0.25, 0.3) is 0 Å². The lowest BCUT2D eigenvalue weighted by atomic mass is 10.0. The van der Waals surface area contributed by atoms with Crippen molar-refractivity contribution in [3.05, 3.63) is 0 Å². The van der Waals surface area contributed by atoms with E-state index >= 15 is 0 Å². The first-order valence-electron chi connectivity index (χ1n) is 14.6. The summed E-state index contributed by atoms with van der Waals surface area (Å²) in [5.74, 6) is -1.54. The molecule has 0 aromatic heterocycles. The zero-order valence-corrected chi connectivity index (χ0v) is 24.2. The van der Waals surface area contributed by atoms with Crippen molar-refractivity contribution in [3.63, 3.8) is 0 Å². The van der Waals surface area contributed by atoms with E-state index in [4.69, 9.17) is 18.8 Å². The number of halogens is 1. The van der Waals surface area contributed by atoms with Gasteiger partial charge in [-0.05, 0) is 6.42 Å². The van der Waals surface area contributed by atoms with Gasteiger partial charge in [0.25, 0.3) is 10.1 Å². The van der Waals surface area contributed by atoms with Crippen molar-refractivity contribution in [2.75, 3.05) is 19.0 Å². The Morgan fingerprint density at radius 2 is 1.33 bits per heavy atom. The third-order valence-corrected chi connectivity index (χ3v) is 7.62. The Kier molecular flexibility index (Phi) is 19.4. The summed E-state index contributed by atoms with van der Waals surface area (Å²) in [6.45, 7) is 1.32. The van der Waals surface area contributed by atoms with Gasteiger partial charge in [0, 0.05) is 6.42 Å². The fourth-order valence-electron chi connectivity index (χ4n) is 4.53. The highest BCUT2D eigenvalue weighted by Gasteiger charge is 2.46. The number of carbonyl (C=O) groups excluding carboxylic acids is 1. The highest BCUT2D eigenvalue weighted by atomic mass is 32.2. The molecule has 0 amide bonds. The second-order valence-corrected chi connectivity index (χ2v) is 12.1. The second-order valence-electron chi connectivity index (χ2n) is 10.6. The molecule has 1 saturated heterocycles. The van der Waals surface area contributed by atoms with Gasteiger partial charge in [0.15, 0.2) is 12.5 Å². The molecule has 0 radical (unpaired) electrons. The Morgan fingerprint density at radius 1 is 0.846 bits per heavy atom. The van der Waals surface area contributed by atoms with Gasteiger partial charge < -0.3 is 29.5 Å². The lowest BCUT2D eigenvalue weighted by Gasteiger charge is -2.38. The molecule has 0 aromatic rings. The zero-order chi connectivity index (χ0) is 29.1. The topological polar surface area (TPSA) is 160 Å². The predicted molar refractivity (Wildman–Crippen MR) is 144 cm³/mol. The molecule has 0 spiro atoms. The zero-order valence-electron chi connectivity index (χ0n) is 23.4. The summed E-state index contributed by atoms with van der Waals surface area (Å²) in [6, 6.07) is 0. The van der Waals surface area contributed by atoms with Crippen LogP contribution in [-0.4, -0.2) is 90.1 Å². The van der Waals surface area contributed by atoms with Gasteiger partial charge in [0.1, 0.15) is 36.8 Å². The van der Waals surface area contributed by atoms with E-state index in [1.165, 1.54) is 70.6 Å². The van der Waals surface area contributed by atoms with E-state index in [0.717, 1.165) is 19.3 Å². The standard InChI is InChI=1S/C27H51FO10S/c1-2-3-4-5-6-7-8-9-10-11-12-13-14-15-16-17-23(30)36-18-21(29)19-37-27-24(28)26(32)25(31)22(38-27)20-39(33,34)35/h21-22,24-27,29,31-32H,2-20H2,1H3,(H,33,34,35)/t21?,22?,24?,25-,26+,27+/m0/s1/i28-1. The first-order valence-corrected chi connectivity index (χ1v) is 16.2. The molecule has 6 atom stereocenters. The summed E-state index contributed by atoms with van der Waals surface area (Å²) in [5.41, 5.74) is 0. The number of carbonyl (C=O) groups is 1. The van der Waals surface area contributed by atoms with Crippen molar-refractivity contribution in [1.82, 2.24) is 0 Å². The fourth-order valence-corrected chi connectivity index (χ4v) is 5.22. The molecular weight excluding hydrogens is 534 g/mol. The van der Waals surface area contributed by atoms with Crippen molar-refractivity contribution < 1.29 is 51.7 Å². The molecule has 1 aliphatic rings. The quantitative estimate of drug-likeness (QED) is 0.0788. The van der Waals surface area contributed by atoms with Crippen LogP contribution in [0, 0.1) is 0 Å². The van der Waals surface area contributed by atoms with E-state index < -0.39 is 65.3 Å². The Morgan fingerprint density at radius 3 is 1.82 bits per heavy atom. The van der Waals surface area contributed by atoms with E-state index in [0.29, 0.717) is 6.42 Å². The van der Waals surface area contributed by atoms with Crippen LogP contribution in [0.15, 0.2) is 0 Å². The van der Waals surface area contributed by atoms with Crippen molar-refractivity contribution >= 4 is 16.1 Å². The van der Waals surface area contributed by atoms with E-state index in [1.807, 2.05) is 0 Å². The number of aliphatic hydroxyl groups excluding tert-OH is 3. The number of ether oxygens (including phenoxy) is 3. The second kappa shape index (κ2) is 20.9.